The van der Waals surface area contributed by atoms with E-state index in [0.29, 0.717) is 29.8 Å². The van der Waals surface area contributed by atoms with Crippen LogP contribution < -0.4 is 4.74 Å². The van der Waals surface area contributed by atoms with Crippen LogP contribution in [0.1, 0.15) is 50.7 Å². The van der Waals surface area contributed by atoms with Crippen LogP contribution in [0.2, 0.25) is 0 Å². The van der Waals surface area contributed by atoms with Crippen LogP contribution in [0.3, 0.4) is 0 Å². The Kier molecular flexibility index (Phi) is 7.24. The number of ketones is 1. The molecule has 7 nitrogen and oxygen atoms in total. The van der Waals surface area contributed by atoms with Crippen LogP contribution in [-0.2, 0) is 0 Å². The molecule has 1 amide bonds. The van der Waals surface area contributed by atoms with E-state index in [1.54, 1.807) is 9.91 Å². The summed E-state index contributed by atoms with van der Waals surface area (Å²) in [5.74, 6) is -0.0671. The average molecular weight is 515 g/mol. The molecule has 0 saturated heterocycles. The molecule has 3 aromatic rings. The minimum atomic E-state index is -0.963. The predicted octanol–water partition coefficient (Wildman–Crippen LogP) is 4.60. The number of carbonyl (C=O) groups excluding carboxylic acids is 2. The highest BCUT2D eigenvalue weighted by Crippen LogP contribution is 2.43. The Morgan fingerprint density at radius 1 is 0.947 bits per heavy atom. The maximum atomic E-state index is 13.4. The van der Waals surface area contributed by atoms with Crippen molar-refractivity contribution in [3.05, 3.63) is 101 Å². The first kappa shape index (κ1) is 25.6. The quantitative estimate of drug-likeness (QED) is 0.411. The van der Waals surface area contributed by atoms with E-state index in [2.05, 4.69) is 4.90 Å². The lowest BCUT2D eigenvalue weighted by molar-refractivity contribution is -0.00456. The molecule has 2 aliphatic rings. The smallest absolute Gasteiger partial charge is 0.253 e. The molecule has 0 fully saturated rings. The zero-order chi connectivity index (χ0) is 26.8. The monoisotopic (exact) mass is 514 g/mol. The number of fused-ring (bicyclic) bond motifs is 3. The molecule has 0 aliphatic carbocycles. The molecule has 0 saturated carbocycles. The number of para-hydroxylation sites is 1. The number of hydrazone groups is 1. The minimum Gasteiger partial charge on any atom is -0.461 e. The number of halogens is 1. The van der Waals surface area contributed by atoms with E-state index in [4.69, 9.17) is 9.84 Å². The largest absolute Gasteiger partial charge is 0.461 e. The lowest BCUT2D eigenvalue weighted by Crippen LogP contribution is -2.45. The van der Waals surface area contributed by atoms with Gasteiger partial charge in [0, 0.05) is 36.7 Å². The molecule has 2 atom stereocenters. The second-order valence-corrected chi connectivity index (χ2v) is 9.99. The molecule has 0 N–H and O–H groups in total. The van der Waals surface area contributed by atoms with Gasteiger partial charge in [-0.2, -0.15) is 5.10 Å². The zero-order valence-electron chi connectivity index (χ0n) is 21.8. The van der Waals surface area contributed by atoms with E-state index < -0.39 is 12.0 Å². The van der Waals surface area contributed by atoms with Gasteiger partial charge in [0.2, 0.25) is 5.78 Å². The summed E-state index contributed by atoms with van der Waals surface area (Å²) in [4.78, 5) is 30.1. The number of ether oxygens (including phenoxy) is 1. The first-order valence-electron chi connectivity index (χ1n) is 12.7. The van der Waals surface area contributed by atoms with Crippen LogP contribution >= 0.6 is 0 Å². The molecule has 3 aromatic carbocycles. The van der Waals surface area contributed by atoms with Gasteiger partial charge in [-0.25, -0.2) is 9.40 Å². The number of benzene rings is 3. The molecule has 0 radical (unpaired) electrons. The molecule has 38 heavy (non-hydrogen) atoms. The molecule has 2 unspecified atom stereocenters. The van der Waals surface area contributed by atoms with E-state index in [-0.39, 0.29) is 17.7 Å². The third-order valence-electron chi connectivity index (χ3n) is 6.96. The number of Topliss-reactive ketones (excluding diaryl/α,β-unsaturated/α-hetero) is 1. The highest BCUT2D eigenvalue weighted by molar-refractivity contribution is 6.04. The van der Waals surface area contributed by atoms with Crippen LogP contribution in [0.5, 0.6) is 5.75 Å². The highest BCUT2D eigenvalue weighted by atomic mass is 19.1. The lowest BCUT2D eigenvalue weighted by atomic mass is 9.95. The average Bonchev–Trinajstić information content (AvgIpc) is 3.38. The number of amides is 1. The molecule has 8 heteroatoms. The number of hydrogen-bond acceptors (Lipinski definition) is 6. The van der Waals surface area contributed by atoms with Gasteiger partial charge in [-0.3, -0.25) is 9.59 Å². The van der Waals surface area contributed by atoms with Crippen molar-refractivity contribution >= 4 is 17.4 Å². The SMILES string of the molecule is CN(C)CCCN(C)C(=O)c1ccc(C2=NN3C(C(=O)c4ccc(F)cc4)Oc4ccccc4C3C2)cc1. The zero-order valence-corrected chi connectivity index (χ0v) is 21.8. The molecular weight excluding hydrogens is 483 g/mol. The van der Waals surface area contributed by atoms with Gasteiger partial charge in [0.05, 0.1) is 11.8 Å². The Balaban J connectivity index is 1.37. The lowest BCUT2D eigenvalue weighted by Gasteiger charge is -2.37. The van der Waals surface area contributed by atoms with Crippen molar-refractivity contribution in [2.45, 2.75) is 25.1 Å². The van der Waals surface area contributed by atoms with Crippen LogP contribution in [0.15, 0.2) is 77.9 Å². The minimum absolute atomic E-state index is 0.0200. The Labute approximate surface area is 222 Å². The van der Waals surface area contributed by atoms with Crippen LogP contribution in [-0.4, -0.2) is 72.7 Å². The second kappa shape index (κ2) is 10.8. The van der Waals surface area contributed by atoms with Gasteiger partial charge in [-0.05, 0) is 75.1 Å². The van der Waals surface area contributed by atoms with Gasteiger partial charge >= 0.3 is 0 Å². The predicted molar refractivity (Wildman–Crippen MR) is 144 cm³/mol. The summed E-state index contributed by atoms with van der Waals surface area (Å²) < 4.78 is 19.6. The molecule has 0 bridgehead atoms. The normalized spacial score (nSPS) is 17.9. The molecule has 2 aliphatic heterocycles. The molecule has 196 valence electrons. The Hall–Kier alpha value is -4.04. The molecule has 2 heterocycles. The summed E-state index contributed by atoms with van der Waals surface area (Å²) in [6, 6.07) is 20.4. The van der Waals surface area contributed by atoms with Crippen LogP contribution in [0.4, 0.5) is 4.39 Å². The van der Waals surface area contributed by atoms with Gasteiger partial charge < -0.3 is 14.5 Å². The van der Waals surface area contributed by atoms with Crippen molar-refractivity contribution in [1.82, 2.24) is 14.8 Å². The maximum absolute atomic E-state index is 13.4. The van der Waals surface area contributed by atoms with Crippen LogP contribution in [0.25, 0.3) is 0 Å². The third kappa shape index (κ3) is 5.17. The van der Waals surface area contributed by atoms with Crippen molar-refractivity contribution in [1.29, 1.82) is 0 Å². The summed E-state index contributed by atoms with van der Waals surface area (Å²) in [5, 5.41) is 6.53. The summed E-state index contributed by atoms with van der Waals surface area (Å²) in [6.45, 7) is 1.61. The standard InChI is InChI=1S/C30H31FN4O3/c1-33(2)17-6-18-34(3)29(37)22-11-9-20(10-12-22)25-19-26-24-7-4-5-8-27(24)38-30(35(26)32-25)28(36)21-13-15-23(31)16-14-21/h4-5,7-16,26,30H,6,17-19H2,1-3H3. The van der Waals surface area contributed by atoms with Crippen molar-refractivity contribution < 1.29 is 18.7 Å². The van der Waals surface area contributed by atoms with Gasteiger partial charge in [0.1, 0.15) is 11.6 Å². The fourth-order valence-electron chi connectivity index (χ4n) is 4.89. The van der Waals surface area contributed by atoms with E-state index in [1.807, 2.05) is 69.7 Å². The highest BCUT2D eigenvalue weighted by Gasteiger charge is 2.43. The first-order chi connectivity index (χ1) is 18.3. The Morgan fingerprint density at radius 2 is 1.63 bits per heavy atom. The number of nitrogens with zero attached hydrogens (tertiary/aromatic N) is 4. The van der Waals surface area contributed by atoms with Crippen molar-refractivity contribution in [3.8, 4) is 5.75 Å². The van der Waals surface area contributed by atoms with Crippen molar-refractivity contribution in [2.24, 2.45) is 5.10 Å². The molecule has 5 rings (SSSR count). The van der Waals surface area contributed by atoms with E-state index >= 15 is 0 Å². The summed E-state index contributed by atoms with van der Waals surface area (Å²) in [5.41, 5.74) is 3.63. The van der Waals surface area contributed by atoms with Gasteiger partial charge in [-0.15, -0.1) is 0 Å². The van der Waals surface area contributed by atoms with E-state index in [0.717, 1.165) is 29.8 Å². The summed E-state index contributed by atoms with van der Waals surface area (Å²) >= 11 is 0. The molecular formula is C30H31FN4O3. The van der Waals surface area contributed by atoms with Crippen molar-refractivity contribution in [2.75, 3.05) is 34.2 Å². The van der Waals surface area contributed by atoms with Crippen molar-refractivity contribution in [3.63, 3.8) is 0 Å². The number of carbonyl (C=O) groups is 2. The summed E-state index contributed by atoms with van der Waals surface area (Å²) in [7, 11) is 5.86. The fraction of sp³-hybridized carbons (Fsp3) is 0.300. The number of rotatable bonds is 8. The van der Waals surface area contributed by atoms with Crippen LogP contribution in [0, 0.1) is 5.82 Å². The third-order valence-corrected chi connectivity index (χ3v) is 6.96. The number of hydrogen-bond donors (Lipinski definition) is 0. The molecule has 0 aromatic heterocycles. The van der Waals surface area contributed by atoms with Gasteiger partial charge in [0.15, 0.2) is 0 Å². The summed E-state index contributed by atoms with van der Waals surface area (Å²) in [6.07, 6.45) is 0.531. The topological polar surface area (TPSA) is 65.5 Å². The van der Waals surface area contributed by atoms with Gasteiger partial charge in [0.25, 0.3) is 12.1 Å². The van der Waals surface area contributed by atoms with Gasteiger partial charge in [-0.1, -0.05) is 30.3 Å². The second-order valence-electron chi connectivity index (χ2n) is 9.99. The Morgan fingerprint density at radius 3 is 2.34 bits per heavy atom. The van der Waals surface area contributed by atoms with E-state index in [9.17, 15) is 14.0 Å². The van der Waals surface area contributed by atoms with E-state index in [1.165, 1.54) is 24.3 Å². The fourth-order valence-corrected chi connectivity index (χ4v) is 4.89. The Bertz CT molecular complexity index is 1350. The first-order valence-corrected chi connectivity index (χ1v) is 12.7. The maximum Gasteiger partial charge on any atom is 0.253 e. The molecule has 0 spiro atoms.